The molecule has 0 saturated heterocycles. The second-order valence-corrected chi connectivity index (χ2v) is 6.70. The normalized spacial score (nSPS) is 12.4. The highest BCUT2D eigenvalue weighted by atomic mass is 35.5. The van der Waals surface area contributed by atoms with E-state index in [0.717, 1.165) is 17.3 Å². The average molecular weight is 320 g/mol. The summed E-state index contributed by atoms with van der Waals surface area (Å²) in [5.74, 6) is 0.998. The highest BCUT2D eigenvalue weighted by Crippen LogP contribution is 2.28. The van der Waals surface area contributed by atoms with Crippen LogP contribution in [0, 0.1) is 13.8 Å². The molecule has 0 amide bonds. The first-order valence-electron chi connectivity index (χ1n) is 7.29. The third-order valence-corrected chi connectivity index (χ3v) is 5.01. The fourth-order valence-electron chi connectivity index (χ4n) is 2.39. The van der Waals surface area contributed by atoms with Crippen LogP contribution < -0.4 is 5.32 Å². The van der Waals surface area contributed by atoms with Gasteiger partial charge in [0.1, 0.15) is 0 Å². The van der Waals surface area contributed by atoms with Gasteiger partial charge >= 0.3 is 0 Å². The fraction of sp³-hybridized carbons (Fsp3) is 0.333. The van der Waals surface area contributed by atoms with Gasteiger partial charge in [0.05, 0.1) is 0 Å². The summed E-state index contributed by atoms with van der Waals surface area (Å²) in [5.41, 5.74) is 4.13. The minimum atomic E-state index is 0.360. The van der Waals surface area contributed by atoms with E-state index in [-0.39, 0.29) is 0 Å². The monoisotopic (exact) mass is 319 g/mol. The van der Waals surface area contributed by atoms with Crippen molar-refractivity contribution in [1.82, 2.24) is 5.32 Å². The van der Waals surface area contributed by atoms with Crippen molar-refractivity contribution in [3.05, 3.63) is 64.2 Å². The van der Waals surface area contributed by atoms with Gasteiger partial charge in [0.25, 0.3) is 0 Å². The molecule has 0 aromatic heterocycles. The zero-order valence-corrected chi connectivity index (χ0v) is 14.4. The Hall–Kier alpha value is -0.960. The molecule has 0 aliphatic rings. The Labute approximate surface area is 137 Å². The molecule has 0 aliphatic heterocycles. The lowest BCUT2D eigenvalue weighted by Crippen LogP contribution is -2.24. The molecule has 1 unspecified atom stereocenters. The SMILES string of the molecule is CCNC(CSc1cccc(Cl)c1)c1cccc(C)c1C. The molecule has 0 saturated carbocycles. The number of hydrogen-bond acceptors (Lipinski definition) is 2. The van der Waals surface area contributed by atoms with E-state index >= 15 is 0 Å². The Kier molecular flexibility index (Phi) is 6.16. The third kappa shape index (κ3) is 4.50. The Morgan fingerprint density at radius 1 is 1.14 bits per heavy atom. The van der Waals surface area contributed by atoms with Gasteiger partial charge in [0, 0.05) is 21.7 Å². The van der Waals surface area contributed by atoms with Gasteiger partial charge < -0.3 is 5.32 Å². The predicted octanol–water partition coefficient (Wildman–Crippen LogP) is 5.40. The van der Waals surface area contributed by atoms with E-state index in [1.54, 1.807) is 0 Å². The Morgan fingerprint density at radius 3 is 2.62 bits per heavy atom. The van der Waals surface area contributed by atoms with Crippen LogP contribution in [0.2, 0.25) is 5.02 Å². The van der Waals surface area contributed by atoms with Gasteiger partial charge in [-0.05, 0) is 55.3 Å². The number of nitrogens with one attached hydrogen (secondary N) is 1. The number of benzene rings is 2. The standard InChI is InChI=1S/C18H22ClNS/c1-4-20-18(17-10-5-7-13(2)14(17)3)12-21-16-9-6-8-15(19)11-16/h5-11,18,20H,4,12H2,1-3H3. The smallest absolute Gasteiger partial charge is 0.0418 e. The van der Waals surface area contributed by atoms with Crippen LogP contribution in [0.15, 0.2) is 47.4 Å². The largest absolute Gasteiger partial charge is 0.309 e. The van der Waals surface area contributed by atoms with Gasteiger partial charge in [-0.2, -0.15) is 0 Å². The Balaban J connectivity index is 2.14. The summed E-state index contributed by atoms with van der Waals surface area (Å²) >= 11 is 7.90. The summed E-state index contributed by atoms with van der Waals surface area (Å²) in [6.45, 7) is 7.50. The quantitative estimate of drug-likeness (QED) is 0.715. The minimum Gasteiger partial charge on any atom is -0.309 e. The van der Waals surface area contributed by atoms with Crippen LogP contribution in [-0.4, -0.2) is 12.3 Å². The van der Waals surface area contributed by atoms with Gasteiger partial charge in [0.2, 0.25) is 0 Å². The number of hydrogen-bond donors (Lipinski definition) is 1. The summed E-state index contributed by atoms with van der Waals surface area (Å²) in [5, 5.41) is 4.40. The first kappa shape index (κ1) is 16.4. The van der Waals surface area contributed by atoms with Gasteiger partial charge in [-0.1, -0.05) is 42.8 Å². The van der Waals surface area contributed by atoms with Crippen molar-refractivity contribution in [2.24, 2.45) is 0 Å². The first-order chi connectivity index (χ1) is 10.1. The Morgan fingerprint density at radius 2 is 1.90 bits per heavy atom. The maximum Gasteiger partial charge on any atom is 0.0418 e. The number of thioether (sulfide) groups is 1. The summed E-state index contributed by atoms with van der Waals surface area (Å²) in [7, 11) is 0. The summed E-state index contributed by atoms with van der Waals surface area (Å²) < 4.78 is 0. The Bertz CT molecular complexity index is 598. The minimum absolute atomic E-state index is 0.360. The number of halogens is 1. The van der Waals surface area contributed by atoms with Crippen molar-refractivity contribution in [2.45, 2.75) is 31.7 Å². The van der Waals surface area contributed by atoms with Crippen LogP contribution >= 0.6 is 23.4 Å². The fourth-order valence-corrected chi connectivity index (χ4v) is 3.69. The van der Waals surface area contributed by atoms with E-state index in [9.17, 15) is 0 Å². The molecule has 0 radical (unpaired) electrons. The molecule has 1 atom stereocenters. The highest BCUT2D eigenvalue weighted by molar-refractivity contribution is 7.99. The maximum absolute atomic E-state index is 6.06. The zero-order chi connectivity index (χ0) is 15.2. The molecule has 1 nitrogen and oxygen atoms in total. The third-order valence-electron chi connectivity index (χ3n) is 3.69. The molecule has 0 spiro atoms. The van der Waals surface area contributed by atoms with Crippen molar-refractivity contribution < 1.29 is 0 Å². The molecule has 0 aliphatic carbocycles. The van der Waals surface area contributed by atoms with Crippen LogP contribution in [0.5, 0.6) is 0 Å². The van der Waals surface area contributed by atoms with E-state index in [0.29, 0.717) is 6.04 Å². The lowest BCUT2D eigenvalue weighted by atomic mass is 9.98. The number of rotatable bonds is 6. The van der Waals surface area contributed by atoms with Crippen LogP contribution in [0.25, 0.3) is 0 Å². The van der Waals surface area contributed by atoms with E-state index < -0.39 is 0 Å². The van der Waals surface area contributed by atoms with Crippen molar-refractivity contribution in [1.29, 1.82) is 0 Å². The maximum atomic E-state index is 6.06. The molecule has 1 N–H and O–H groups in total. The van der Waals surface area contributed by atoms with Gasteiger partial charge in [-0.15, -0.1) is 11.8 Å². The number of aryl methyl sites for hydroxylation is 1. The van der Waals surface area contributed by atoms with Crippen LogP contribution in [-0.2, 0) is 0 Å². The van der Waals surface area contributed by atoms with Crippen LogP contribution in [0.1, 0.15) is 29.7 Å². The molecule has 3 heteroatoms. The second-order valence-electron chi connectivity index (χ2n) is 5.17. The molecule has 0 heterocycles. The molecule has 0 fully saturated rings. The lowest BCUT2D eigenvalue weighted by Gasteiger charge is -2.21. The molecular formula is C18H22ClNS. The molecule has 2 aromatic carbocycles. The second kappa shape index (κ2) is 7.88. The van der Waals surface area contributed by atoms with E-state index in [2.05, 4.69) is 50.4 Å². The van der Waals surface area contributed by atoms with E-state index in [1.165, 1.54) is 21.6 Å². The lowest BCUT2D eigenvalue weighted by molar-refractivity contribution is 0.602. The summed E-state index contributed by atoms with van der Waals surface area (Å²) in [4.78, 5) is 1.22. The van der Waals surface area contributed by atoms with Gasteiger partial charge in [-0.25, -0.2) is 0 Å². The van der Waals surface area contributed by atoms with Crippen molar-refractivity contribution in [3.63, 3.8) is 0 Å². The molecule has 2 aromatic rings. The summed E-state index contributed by atoms with van der Waals surface area (Å²) in [6, 6.07) is 15.0. The van der Waals surface area contributed by atoms with Crippen LogP contribution in [0.4, 0.5) is 0 Å². The predicted molar refractivity (Wildman–Crippen MR) is 94.5 cm³/mol. The van der Waals surface area contributed by atoms with E-state index in [1.807, 2.05) is 30.0 Å². The topological polar surface area (TPSA) is 12.0 Å². The van der Waals surface area contributed by atoms with Crippen LogP contribution in [0.3, 0.4) is 0 Å². The van der Waals surface area contributed by atoms with Crippen molar-refractivity contribution >= 4 is 23.4 Å². The first-order valence-corrected chi connectivity index (χ1v) is 8.66. The molecule has 21 heavy (non-hydrogen) atoms. The molecule has 112 valence electrons. The summed E-state index contributed by atoms with van der Waals surface area (Å²) in [6.07, 6.45) is 0. The molecular weight excluding hydrogens is 298 g/mol. The average Bonchev–Trinajstić information content (AvgIpc) is 2.47. The molecule has 2 rings (SSSR count). The highest BCUT2D eigenvalue weighted by Gasteiger charge is 2.14. The molecule has 0 bridgehead atoms. The van der Waals surface area contributed by atoms with E-state index in [4.69, 9.17) is 11.6 Å². The van der Waals surface area contributed by atoms with Gasteiger partial charge in [-0.3, -0.25) is 0 Å². The van der Waals surface area contributed by atoms with Gasteiger partial charge in [0.15, 0.2) is 0 Å². The zero-order valence-electron chi connectivity index (χ0n) is 12.8. The van der Waals surface area contributed by atoms with Crippen molar-refractivity contribution in [3.8, 4) is 0 Å². The van der Waals surface area contributed by atoms with Crippen molar-refractivity contribution in [2.75, 3.05) is 12.3 Å².